The SMILES string of the molecule is C[C@]1(C(=O)[C@H](Cc2ccccc2)NC(=O)[C@@H](N)CO)CO1. The Balaban J connectivity index is 2.10. The van der Waals surface area contributed by atoms with Crippen LogP contribution in [0.15, 0.2) is 30.3 Å². The molecule has 0 unspecified atom stereocenters. The molecule has 3 atom stereocenters. The van der Waals surface area contributed by atoms with Gasteiger partial charge in [-0.15, -0.1) is 0 Å². The molecule has 0 aliphatic carbocycles. The van der Waals surface area contributed by atoms with Crippen LogP contribution < -0.4 is 11.1 Å². The van der Waals surface area contributed by atoms with Crippen molar-refractivity contribution in [2.45, 2.75) is 31.0 Å². The van der Waals surface area contributed by atoms with E-state index >= 15 is 0 Å². The Morgan fingerprint density at radius 1 is 1.43 bits per heavy atom. The second kappa shape index (κ2) is 6.34. The van der Waals surface area contributed by atoms with Crippen LogP contribution in [-0.4, -0.2) is 47.7 Å². The summed E-state index contributed by atoms with van der Waals surface area (Å²) >= 11 is 0. The molecule has 6 heteroatoms. The first-order chi connectivity index (χ1) is 9.96. The van der Waals surface area contributed by atoms with Gasteiger partial charge in [0.2, 0.25) is 5.91 Å². The lowest BCUT2D eigenvalue weighted by Gasteiger charge is -2.21. The van der Waals surface area contributed by atoms with E-state index in [1.807, 2.05) is 30.3 Å². The van der Waals surface area contributed by atoms with Gasteiger partial charge in [0.25, 0.3) is 0 Å². The number of amides is 1. The number of Topliss-reactive ketones (excluding diaryl/α,β-unsaturated/α-hetero) is 1. The number of hydrogen-bond acceptors (Lipinski definition) is 5. The van der Waals surface area contributed by atoms with Gasteiger partial charge in [-0.05, 0) is 18.9 Å². The predicted molar refractivity (Wildman–Crippen MR) is 76.5 cm³/mol. The number of nitrogens with one attached hydrogen (secondary N) is 1. The predicted octanol–water partition coefficient (Wildman–Crippen LogP) is -0.608. The van der Waals surface area contributed by atoms with Crippen molar-refractivity contribution in [3.8, 4) is 0 Å². The molecule has 21 heavy (non-hydrogen) atoms. The van der Waals surface area contributed by atoms with Crippen LogP contribution in [0.25, 0.3) is 0 Å². The quantitative estimate of drug-likeness (QED) is 0.582. The molecule has 0 aromatic heterocycles. The smallest absolute Gasteiger partial charge is 0.239 e. The van der Waals surface area contributed by atoms with Crippen molar-refractivity contribution in [3.63, 3.8) is 0 Å². The molecular weight excluding hydrogens is 272 g/mol. The Bertz CT molecular complexity index is 514. The zero-order valence-corrected chi connectivity index (χ0v) is 11.9. The van der Waals surface area contributed by atoms with E-state index in [-0.39, 0.29) is 5.78 Å². The fraction of sp³-hybridized carbons (Fsp3) is 0.467. The standard InChI is InChI=1S/C15H20N2O4/c1-15(9-21-15)13(19)12(17-14(20)11(16)8-18)7-10-5-3-2-4-6-10/h2-6,11-12,18H,7-9,16H2,1H3,(H,17,20)/t11-,12-,15+/m0/s1. The van der Waals surface area contributed by atoms with Crippen LogP contribution in [0.2, 0.25) is 0 Å². The molecule has 1 aliphatic heterocycles. The summed E-state index contributed by atoms with van der Waals surface area (Å²) in [5.74, 6) is -0.721. The van der Waals surface area contributed by atoms with Crippen LogP contribution in [0, 0.1) is 0 Å². The lowest BCUT2D eigenvalue weighted by molar-refractivity contribution is -0.131. The third kappa shape index (κ3) is 3.87. The number of ketones is 1. The molecule has 0 saturated carbocycles. The van der Waals surface area contributed by atoms with Crippen molar-refractivity contribution in [2.75, 3.05) is 13.2 Å². The van der Waals surface area contributed by atoms with Gasteiger partial charge in [-0.2, -0.15) is 0 Å². The molecule has 1 aliphatic rings. The fourth-order valence-electron chi connectivity index (χ4n) is 2.04. The topological polar surface area (TPSA) is 105 Å². The number of carbonyl (C=O) groups excluding carboxylic acids is 2. The molecule has 6 nitrogen and oxygen atoms in total. The van der Waals surface area contributed by atoms with Crippen LogP contribution in [0.5, 0.6) is 0 Å². The van der Waals surface area contributed by atoms with E-state index in [4.69, 9.17) is 15.6 Å². The van der Waals surface area contributed by atoms with Gasteiger partial charge in [-0.25, -0.2) is 0 Å². The number of benzene rings is 1. The summed E-state index contributed by atoms with van der Waals surface area (Å²) in [7, 11) is 0. The van der Waals surface area contributed by atoms with Gasteiger partial charge in [-0.3, -0.25) is 9.59 Å². The Kier molecular flexibility index (Phi) is 4.72. The molecular formula is C15H20N2O4. The van der Waals surface area contributed by atoms with Crippen molar-refractivity contribution >= 4 is 11.7 Å². The monoisotopic (exact) mass is 292 g/mol. The average Bonchev–Trinajstić information content (AvgIpc) is 3.25. The normalized spacial score (nSPS) is 23.2. The van der Waals surface area contributed by atoms with E-state index in [0.717, 1.165) is 5.56 Å². The molecule has 1 heterocycles. The van der Waals surface area contributed by atoms with E-state index in [1.165, 1.54) is 0 Å². The van der Waals surface area contributed by atoms with Crippen molar-refractivity contribution in [1.82, 2.24) is 5.32 Å². The minimum Gasteiger partial charge on any atom is -0.394 e. The summed E-state index contributed by atoms with van der Waals surface area (Å²) < 4.78 is 5.16. The minimum atomic E-state index is -1.04. The summed E-state index contributed by atoms with van der Waals surface area (Å²) in [5.41, 5.74) is 5.58. The number of nitrogens with two attached hydrogens (primary N) is 1. The van der Waals surface area contributed by atoms with Gasteiger partial charge < -0.3 is 20.9 Å². The second-order valence-electron chi connectivity index (χ2n) is 5.42. The lowest BCUT2D eigenvalue weighted by atomic mass is 9.94. The first-order valence-electron chi connectivity index (χ1n) is 6.85. The zero-order chi connectivity index (χ0) is 15.5. The molecule has 4 N–H and O–H groups in total. The van der Waals surface area contributed by atoms with Gasteiger partial charge in [0.15, 0.2) is 5.78 Å². The van der Waals surface area contributed by atoms with Crippen molar-refractivity contribution in [1.29, 1.82) is 0 Å². The summed E-state index contributed by atoms with van der Waals surface area (Å²) in [6.45, 7) is 1.59. The average molecular weight is 292 g/mol. The van der Waals surface area contributed by atoms with Crippen LogP contribution in [0.4, 0.5) is 0 Å². The maximum atomic E-state index is 12.4. The van der Waals surface area contributed by atoms with Crippen LogP contribution >= 0.6 is 0 Å². The first kappa shape index (κ1) is 15.6. The highest BCUT2D eigenvalue weighted by Gasteiger charge is 2.50. The number of rotatable bonds is 7. The Labute approximate surface area is 123 Å². The fourth-order valence-corrected chi connectivity index (χ4v) is 2.04. The number of ether oxygens (including phenoxy) is 1. The third-order valence-electron chi connectivity index (χ3n) is 3.55. The van der Waals surface area contributed by atoms with E-state index in [9.17, 15) is 9.59 Å². The number of epoxide rings is 1. The molecule has 1 fully saturated rings. The van der Waals surface area contributed by atoms with Gasteiger partial charge in [0.05, 0.1) is 19.3 Å². The van der Waals surface area contributed by atoms with E-state index < -0.39 is 30.2 Å². The number of aliphatic hydroxyl groups is 1. The van der Waals surface area contributed by atoms with Crippen molar-refractivity contribution < 1.29 is 19.4 Å². The maximum Gasteiger partial charge on any atom is 0.239 e. The lowest BCUT2D eigenvalue weighted by Crippen LogP contribution is -2.53. The highest BCUT2D eigenvalue weighted by atomic mass is 16.6. The van der Waals surface area contributed by atoms with E-state index in [0.29, 0.717) is 13.0 Å². The second-order valence-corrected chi connectivity index (χ2v) is 5.42. The molecule has 2 rings (SSSR count). The highest BCUT2D eigenvalue weighted by Crippen LogP contribution is 2.29. The number of hydrogen-bond donors (Lipinski definition) is 3. The molecule has 1 amide bonds. The number of aliphatic hydroxyl groups excluding tert-OH is 1. The van der Waals surface area contributed by atoms with Crippen LogP contribution in [-0.2, 0) is 20.7 Å². The zero-order valence-electron chi connectivity index (χ0n) is 11.9. The van der Waals surface area contributed by atoms with E-state index in [2.05, 4.69) is 5.32 Å². The Morgan fingerprint density at radius 3 is 2.57 bits per heavy atom. The molecule has 114 valence electrons. The van der Waals surface area contributed by atoms with Crippen molar-refractivity contribution in [3.05, 3.63) is 35.9 Å². The molecule has 0 bridgehead atoms. The largest absolute Gasteiger partial charge is 0.394 e. The van der Waals surface area contributed by atoms with Gasteiger partial charge in [0, 0.05) is 0 Å². The summed E-state index contributed by atoms with van der Waals surface area (Å²) in [5, 5.41) is 11.5. The molecule has 1 saturated heterocycles. The summed E-state index contributed by atoms with van der Waals surface area (Å²) in [6.07, 6.45) is 0.364. The molecule has 0 radical (unpaired) electrons. The van der Waals surface area contributed by atoms with E-state index in [1.54, 1.807) is 6.92 Å². The van der Waals surface area contributed by atoms with Crippen LogP contribution in [0.1, 0.15) is 12.5 Å². The molecule has 0 spiro atoms. The molecule has 1 aromatic carbocycles. The summed E-state index contributed by atoms with van der Waals surface area (Å²) in [6, 6.07) is 7.63. The Hall–Kier alpha value is -1.76. The third-order valence-corrected chi connectivity index (χ3v) is 3.55. The minimum absolute atomic E-state index is 0.176. The van der Waals surface area contributed by atoms with Gasteiger partial charge in [0.1, 0.15) is 11.6 Å². The highest BCUT2D eigenvalue weighted by molar-refractivity contribution is 5.97. The van der Waals surface area contributed by atoms with Crippen molar-refractivity contribution in [2.24, 2.45) is 5.73 Å². The van der Waals surface area contributed by atoms with Crippen LogP contribution in [0.3, 0.4) is 0 Å². The maximum absolute atomic E-state index is 12.4. The van der Waals surface area contributed by atoms with Gasteiger partial charge in [-0.1, -0.05) is 30.3 Å². The first-order valence-corrected chi connectivity index (χ1v) is 6.85. The number of carbonyl (C=O) groups is 2. The van der Waals surface area contributed by atoms with Gasteiger partial charge >= 0.3 is 0 Å². The summed E-state index contributed by atoms with van der Waals surface area (Å²) in [4.78, 5) is 24.3. The Morgan fingerprint density at radius 2 is 2.05 bits per heavy atom. The molecule has 1 aromatic rings.